The lowest BCUT2D eigenvalue weighted by molar-refractivity contribution is 0.101. The summed E-state index contributed by atoms with van der Waals surface area (Å²) in [5.74, 6) is -0.798. The fraction of sp³-hybridized carbons (Fsp3) is 0.0714. The number of hydrogen-bond acceptors (Lipinski definition) is 4. The third kappa shape index (κ3) is 2.98. The molecule has 0 amide bonds. The average molecular weight is 278 g/mol. The van der Waals surface area contributed by atoms with Gasteiger partial charge in [0.2, 0.25) is 0 Å². The fourth-order valence-electron chi connectivity index (χ4n) is 1.59. The number of nitrogens with one attached hydrogen (secondary N) is 1. The zero-order chi connectivity index (χ0) is 13.8. The first-order valence-electron chi connectivity index (χ1n) is 5.62. The van der Waals surface area contributed by atoms with Gasteiger partial charge < -0.3 is 15.5 Å². The highest BCUT2D eigenvalue weighted by molar-refractivity contribution is 6.35. The molecule has 3 N–H and O–H groups in total. The Bertz CT molecular complexity index is 599. The minimum Gasteiger partial charge on any atom is -0.504 e. The van der Waals surface area contributed by atoms with Gasteiger partial charge in [-0.3, -0.25) is 4.79 Å². The molecule has 2 aromatic carbocycles. The molecule has 2 rings (SSSR count). The maximum absolute atomic E-state index is 11.9. The molecule has 0 unspecified atom stereocenters. The summed E-state index contributed by atoms with van der Waals surface area (Å²) in [4.78, 5) is 11.9. The van der Waals surface area contributed by atoms with E-state index < -0.39 is 5.75 Å². The van der Waals surface area contributed by atoms with Crippen molar-refractivity contribution >= 4 is 23.1 Å². The lowest BCUT2D eigenvalue weighted by Gasteiger charge is -2.09. The van der Waals surface area contributed by atoms with Gasteiger partial charge in [-0.15, -0.1) is 0 Å². The van der Waals surface area contributed by atoms with Gasteiger partial charge in [0.15, 0.2) is 17.3 Å². The van der Waals surface area contributed by atoms with Crippen molar-refractivity contribution in [3.63, 3.8) is 0 Å². The van der Waals surface area contributed by atoms with Crippen LogP contribution in [0.5, 0.6) is 11.5 Å². The molecule has 0 fully saturated rings. The molecule has 0 saturated heterocycles. The zero-order valence-corrected chi connectivity index (χ0v) is 10.7. The molecule has 0 radical (unpaired) electrons. The molecule has 4 nitrogen and oxygen atoms in total. The summed E-state index contributed by atoms with van der Waals surface area (Å²) in [7, 11) is 0. The van der Waals surface area contributed by atoms with Crippen molar-refractivity contribution < 1.29 is 15.0 Å². The third-order valence-corrected chi connectivity index (χ3v) is 3.01. The number of hydrogen-bond donors (Lipinski definition) is 3. The van der Waals surface area contributed by atoms with Crippen molar-refractivity contribution in [3.05, 3.63) is 53.1 Å². The van der Waals surface area contributed by atoms with Gasteiger partial charge in [-0.1, -0.05) is 41.9 Å². The quantitative estimate of drug-likeness (QED) is 0.456. The first kappa shape index (κ1) is 13.2. The van der Waals surface area contributed by atoms with Gasteiger partial charge in [0.25, 0.3) is 0 Å². The largest absolute Gasteiger partial charge is 0.504 e. The van der Waals surface area contributed by atoms with E-state index in [0.29, 0.717) is 11.3 Å². The first-order chi connectivity index (χ1) is 9.09. The number of phenols is 2. The molecular formula is C14H12ClNO3. The number of Topliss-reactive ketones (excluding diaryl/α,β-unsaturated/α-hetero) is 1. The van der Waals surface area contributed by atoms with Gasteiger partial charge >= 0.3 is 0 Å². The molecule has 0 aliphatic heterocycles. The summed E-state index contributed by atoms with van der Waals surface area (Å²) >= 11 is 5.84. The van der Waals surface area contributed by atoms with E-state index in [1.54, 1.807) is 24.3 Å². The Morgan fingerprint density at radius 2 is 1.79 bits per heavy atom. The minimum atomic E-state index is -0.404. The Labute approximate surface area is 115 Å². The molecule has 0 aromatic heterocycles. The topological polar surface area (TPSA) is 69.6 Å². The molecule has 19 heavy (non-hydrogen) atoms. The maximum Gasteiger partial charge on any atom is 0.181 e. The molecule has 0 heterocycles. The lowest BCUT2D eigenvalue weighted by Crippen LogP contribution is -2.14. The molecule has 5 heteroatoms. The van der Waals surface area contributed by atoms with E-state index >= 15 is 0 Å². The molecule has 0 bridgehead atoms. The molecule has 0 aliphatic rings. The molecule has 98 valence electrons. The van der Waals surface area contributed by atoms with Gasteiger partial charge in [0, 0.05) is 5.56 Å². The Morgan fingerprint density at radius 1 is 1.11 bits per heavy atom. The number of halogens is 1. The van der Waals surface area contributed by atoms with Crippen LogP contribution in [-0.4, -0.2) is 22.5 Å². The van der Waals surface area contributed by atoms with Crippen LogP contribution in [0.4, 0.5) is 5.69 Å². The van der Waals surface area contributed by atoms with Crippen LogP contribution >= 0.6 is 11.6 Å². The van der Waals surface area contributed by atoms with Crippen LogP contribution in [0.2, 0.25) is 5.02 Å². The van der Waals surface area contributed by atoms with Crippen molar-refractivity contribution in [1.29, 1.82) is 0 Å². The predicted octanol–water partition coefficient (Wildman–Crippen LogP) is 3.05. The molecule has 0 saturated carbocycles. The van der Waals surface area contributed by atoms with Crippen LogP contribution in [0.15, 0.2) is 42.5 Å². The first-order valence-corrected chi connectivity index (χ1v) is 6.00. The van der Waals surface area contributed by atoms with E-state index in [4.69, 9.17) is 11.6 Å². The van der Waals surface area contributed by atoms with E-state index in [0.717, 1.165) is 0 Å². The standard InChI is InChI=1S/C14H12ClNO3/c15-13-10(6-7-11(17)14(13)19)16-8-12(18)9-4-2-1-3-5-9/h1-7,16-17,19H,8H2. The van der Waals surface area contributed by atoms with Gasteiger partial charge in [-0.25, -0.2) is 0 Å². The van der Waals surface area contributed by atoms with Crippen molar-refractivity contribution in [1.82, 2.24) is 0 Å². The summed E-state index contributed by atoms with van der Waals surface area (Å²) in [5, 5.41) is 21.5. The Hall–Kier alpha value is -2.20. The second kappa shape index (κ2) is 5.63. The molecular weight excluding hydrogens is 266 g/mol. The summed E-state index contributed by atoms with van der Waals surface area (Å²) in [6.07, 6.45) is 0. The second-order valence-corrected chi connectivity index (χ2v) is 4.32. The highest BCUT2D eigenvalue weighted by Crippen LogP contribution is 2.38. The van der Waals surface area contributed by atoms with E-state index in [1.165, 1.54) is 12.1 Å². The van der Waals surface area contributed by atoms with Gasteiger partial charge in [-0.2, -0.15) is 0 Å². The van der Waals surface area contributed by atoms with Crippen LogP contribution in [-0.2, 0) is 0 Å². The van der Waals surface area contributed by atoms with E-state index in [2.05, 4.69) is 5.32 Å². The van der Waals surface area contributed by atoms with Gasteiger partial charge in [0.1, 0.15) is 5.02 Å². The fourth-order valence-corrected chi connectivity index (χ4v) is 1.82. The minimum absolute atomic E-state index is 0.0131. The van der Waals surface area contributed by atoms with Crippen molar-refractivity contribution in [2.75, 3.05) is 11.9 Å². The Morgan fingerprint density at radius 3 is 2.47 bits per heavy atom. The molecule has 0 spiro atoms. The third-order valence-electron chi connectivity index (χ3n) is 2.63. The highest BCUT2D eigenvalue weighted by Gasteiger charge is 2.11. The maximum atomic E-state index is 11.9. The normalized spacial score (nSPS) is 10.2. The predicted molar refractivity (Wildman–Crippen MR) is 74.0 cm³/mol. The molecule has 0 atom stereocenters. The van der Waals surface area contributed by atoms with Crippen LogP contribution < -0.4 is 5.32 Å². The van der Waals surface area contributed by atoms with Crippen LogP contribution in [0, 0.1) is 0 Å². The van der Waals surface area contributed by atoms with E-state index in [-0.39, 0.29) is 23.1 Å². The van der Waals surface area contributed by atoms with E-state index in [1.807, 2.05) is 6.07 Å². The van der Waals surface area contributed by atoms with Crippen molar-refractivity contribution in [2.24, 2.45) is 0 Å². The Kier molecular flexibility index (Phi) is 3.92. The smallest absolute Gasteiger partial charge is 0.181 e. The SMILES string of the molecule is O=C(CNc1ccc(O)c(O)c1Cl)c1ccccc1. The number of rotatable bonds is 4. The Balaban J connectivity index is 2.08. The van der Waals surface area contributed by atoms with Crippen molar-refractivity contribution in [2.45, 2.75) is 0 Å². The number of phenolic OH excluding ortho intramolecular Hbond substituents is 2. The zero-order valence-electron chi connectivity index (χ0n) is 9.93. The van der Waals surface area contributed by atoms with Crippen LogP contribution in [0.25, 0.3) is 0 Å². The highest BCUT2D eigenvalue weighted by atomic mass is 35.5. The summed E-state index contributed by atoms with van der Waals surface area (Å²) < 4.78 is 0. The summed E-state index contributed by atoms with van der Waals surface area (Å²) in [6, 6.07) is 11.6. The number of anilines is 1. The number of carbonyl (C=O) groups is 1. The van der Waals surface area contributed by atoms with Crippen LogP contribution in [0.1, 0.15) is 10.4 Å². The van der Waals surface area contributed by atoms with E-state index in [9.17, 15) is 15.0 Å². The van der Waals surface area contributed by atoms with Gasteiger partial charge in [-0.05, 0) is 12.1 Å². The van der Waals surface area contributed by atoms with Crippen molar-refractivity contribution in [3.8, 4) is 11.5 Å². The van der Waals surface area contributed by atoms with Crippen LogP contribution in [0.3, 0.4) is 0 Å². The lowest BCUT2D eigenvalue weighted by atomic mass is 10.1. The molecule has 2 aromatic rings. The summed E-state index contributed by atoms with van der Waals surface area (Å²) in [5.41, 5.74) is 0.982. The molecule has 0 aliphatic carbocycles. The number of ketones is 1. The summed E-state index contributed by atoms with van der Waals surface area (Å²) in [6.45, 7) is 0.0496. The van der Waals surface area contributed by atoms with Gasteiger partial charge in [0.05, 0.1) is 12.2 Å². The number of carbonyl (C=O) groups excluding carboxylic acids is 1. The number of aromatic hydroxyl groups is 2. The number of benzene rings is 2. The monoisotopic (exact) mass is 277 g/mol. The second-order valence-electron chi connectivity index (χ2n) is 3.94. The average Bonchev–Trinajstić information content (AvgIpc) is 2.45.